The van der Waals surface area contributed by atoms with Crippen molar-refractivity contribution in [2.24, 2.45) is 0 Å². The van der Waals surface area contributed by atoms with Gasteiger partial charge in [0.15, 0.2) is 5.82 Å². The molecule has 0 spiro atoms. The van der Waals surface area contributed by atoms with Crippen LogP contribution in [0.1, 0.15) is 11.3 Å². The van der Waals surface area contributed by atoms with Crippen LogP contribution in [-0.4, -0.2) is 62.8 Å². The van der Waals surface area contributed by atoms with Gasteiger partial charge in [-0.1, -0.05) is 0 Å². The van der Waals surface area contributed by atoms with Crippen molar-refractivity contribution in [3.63, 3.8) is 0 Å². The molecule has 2 aliphatic rings. The van der Waals surface area contributed by atoms with Crippen LogP contribution >= 0.6 is 11.6 Å². The fraction of sp³-hybridized carbons (Fsp3) is 0.318. The Morgan fingerprint density at radius 3 is 2.66 bits per heavy atom. The zero-order valence-electron chi connectivity index (χ0n) is 17.3. The van der Waals surface area contributed by atoms with Crippen LogP contribution in [-0.2, 0) is 17.7 Å². The number of aromatic nitrogens is 6. The van der Waals surface area contributed by atoms with Gasteiger partial charge in [0, 0.05) is 43.2 Å². The van der Waals surface area contributed by atoms with Crippen LogP contribution in [0.4, 0.5) is 11.8 Å². The molecule has 5 heterocycles. The van der Waals surface area contributed by atoms with Crippen LogP contribution in [0, 0.1) is 0 Å². The summed E-state index contributed by atoms with van der Waals surface area (Å²) >= 11 is 6.04. The van der Waals surface area contributed by atoms with Gasteiger partial charge in [-0.05, 0) is 42.3 Å². The number of nitrogens with one attached hydrogen (secondary N) is 1. The van der Waals surface area contributed by atoms with Crippen molar-refractivity contribution >= 4 is 34.4 Å². The summed E-state index contributed by atoms with van der Waals surface area (Å²) in [5, 5.41) is 0.371. The van der Waals surface area contributed by atoms with E-state index >= 15 is 0 Å². The van der Waals surface area contributed by atoms with Crippen LogP contribution in [0.5, 0.6) is 0 Å². The first-order valence-electron chi connectivity index (χ1n) is 10.6. The average molecular weight is 449 g/mol. The number of halogens is 1. The Kier molecular flexibility index (Phi) is 4.84. The monoisotopic (exact) mass is 448 g/mol. The van der Waals surface area contributed by atoms with Gasteiger partial charge in [0.1, 0.15) is 5.82 Å². The molecule has 10 heteroatoms. The van der Waals surface area contributed by atoms with E-state index in [4.69, 9.17) is 26.3 Å². The topological polar surface area (TPSA) is 96.0 Å². The first-order valence-corrected chi connectivity index (χ1v) is 11.0. The minimum atomic E-state index is 0.371. The van der Waals surface area contributed by atoms with Crippen molar-refractivity contribution in [3.8, 4) is 11.4 Å². The van der Waals surface area contributed by atoms with Crippen LogP contribution in [0.2, 0.25) is 5.28 Å². The van der Waals surface area contributed by atoms with Gasteiger partial charge in [0.2, 0.25) is 11.2 Å². The number of hydrogen-bond acceptors (Lipinski definition) is 8. The SMILES string of the molecule is Clc1nc2cc(-c3nc4c(c(N5CCOCC5)n3)CCN(c3ncccn3)C4)ccc2[nH]1. The van der Waals surface area contributed by atoms with Crippen LogP contribution in [0.15, 0.2) is 36.7 Å². The van der Waals surface area contributed by atoms with E-state index in [2.05, 4.69) is 29.7 Å². The van der Waals surface area contributed by atoms with E-state index < -0.39 is 0 Å². The molecule has 3 aromatic heterocycles. The van der Waals surface area contributed by atoms with E-state index in [1.54, 1.807) is 12.4 Å². The largest absolute Gasteiger partial charge is 0.378 e. The van der Waals surface area contributed by atoms with Crippen molar-refractivity contribution in [1.29, 1.82) is 0 Å². The number of hydrogen-bond donors (Lipinski definition) is 1. The van der Waals surface area contributed by atoms with E-state index in [-0.39, 0.29) is 0 Å². The highest BCUT2D eigenvalue weighted by atomic mass is 35.5. The van der Waals surface area contributed by atoms with Gasteiger partial charge in [0.25, 0.3) is 0 Å². The number of aromatic amines is 1. The van der Waals surface area contributed by atoms with Gasteiger partial charge < -0.3 is 19.5 Å². The Morgan fingerprint density at radius 2 is 1.81 bits per heavy atom. The highest BCUT2D eigenvalue weighted by molar-refractivity contribution is 6.29. The third-order valence-corrected chi connectivity index (χ3v) is 6.08. The number of imidazole rings is 1. The quantitative estimate of drug-likeness (QED) is 0.511. The Balaban J connectivity index is 1.44. The zero-order valence-corrected chi connectivity index (χ0v) is 18.1. The van der Waals surface area contributed by atoms with Crippen molar-refractivity contribution in [3.05, 3.63) is 53.2 Å². The molecule has 0 saturated carbocycles. The number of benzene rings is 1. The second-order valence-electron chi connectivity index (χ2n) is 7.88. The first-order chi connectivity index (χ1) is 15.7. The molecule has 1 fully saturated rings. The maximum Gasteiger partial charge on any atom is 0.225 e. The molecular weight excluding hydrogens is 428 g/mol. The van der Waals surface area contributed by atoms with Crippen LogP contribution in [0.3, 0.4) is 0 Å². The van der Waals surface area contributed by atoms with Gasteiger partial charge in [-0.15, -0.1) is 0 Å². The predicted octanol–water partition coefficient (Wildman–Crippen LogP) is 2.86. The van der Waals surface area contributed by atoms with Gasteiger partial charge in [-0.3, -0.25) is 0 Å². The summed E-state index contributed by atoms with van der Waals surface area (Å²) in [6.45, 7) is 4.52. The fourth-order valence-corrected chi connectivity index (χ4v) is 4.51. The first kappa shape index (κ1) is 19.4. The molecule has 9 nitrogen and oxygen atoms in total. The molecule has 0 unspecified atom stereocenters. The van der Waals surface area contributed by atoms with E-state index in [9.17, 15) is 0 Å². The van der Waals surface area contributed by atoms with Crippen molar-refractivity contribution in [2.45, 2.75) is 13.0 Å². The summed E-state index contributed by atoms with van der Waals surface area (Å²) in [4.78, 5) is 30.7. The number of ether oxygens (including phenoxy) is 1. The molecule has 162 valence electrons. The number of fused-ring (bicyclic) bond motifs is 2. The number of rotatable bonds is 3. The van der Waals surface area contributed by atoms with Crippen molar-refractivity contribution in [1.82, 2.24) is 29.9 Å². The van der Waals surface area contributed by atoms with Gasteiger partial charge >= 0.3 is 0 Å². The lowest BCUT2D eigenvalue weighted by molar-refractivity contribution is 0.122. The predicted molar refractivity (Wildman–Crippen MR) is 122 cm³/mol. The summed E-state index contributed by atoms with van der Waals surface area (Å²) in [5.74, 6) is 2.41. The molecular formula is C22H21ClN8O. The Bertz CT molecular complexity index is 1270. The summed E-state index contributed by atoms with van der Waals surface area (Å²) in [6, 6.07) is 7.77. The normalized spacial score (nSPS) is 16.4. The Morgan fingerprint density at radius 1 is 0.969 bits per heavy atom. The standard InChI is InChI=1S/C22H21ClN8O/c23-21-27-16-3-2-14(12-17(16)28-21)19-26-18-13-31(22-24-5-1-6-25-22)7-4-15(18)20(29-19)30-8-10-32-11-9-30/h1-3,5-6,12H,4,7-11,13H2,(H,27,28). The number of nitrogens with zero attached hydrogens (tertiary/aromatic N) is 7. The molecule has 1 aromatic carbocycles. The number of anilines is 2. The summed E-state index contributed by atoms with van der Waals surface area (Å²) in [5.41, 5.74) is 4.80. The Labute approximate surface area is 189 Å². The minimum Gasteiger partial charge on any atom is -0.378 e. The maximum atomic E-state index is 6.04. The third-order valence-electron chi connectivity index (χ3n) is 5.90. The molecule has 6 rings (SSSR count). The molecule has 0 atom stereocenters. The molecule has 0 aliphatic carbocycles. The van der Waals surface area contributed by atoms with E-state index in [1.165, 1.54) is 5.56 Å². The number of H-pyrrole nitrogens is 1. The lowest BCUT2D eigenvalue weighted by Gasteiger charge is -2.34. The average Bonchev–Trinajstić information content (AvgIpc) is 3.23. The lowest BCUT2D eigenvalue weighted by atomic mass is 10.0. The van der Waals surface area contributed by atoms with Gasteiger partial charge in [0.05, 0.1) is 36.5 Å². The molecule has 1 N–H and O–H groups in total. The molecule has 32 heavy (non-hydrogen) atoms. The summed E-state index contributed by atoms with van der Waals surface area (Å²) in [7, 11) is 0. The second-order valence-corrected chi connectivity index (χ2v) is 8.23. The molecule has 2 aliphatic heterocycles. The molecule has 4 aromatic rings. The summed E-state index contributed by atoms with van der Waals surface area (Å²) in [6.07, 6.45) is 4.38. The summed E-state index contributed by atoms with van der Waals surface area (Å²) < 4.78 is 5.57. The van der Waals surface area contributed by atoms with Crippen LogP contribution in [0.25, 0.3) is 22.4 Å². The van der Waals surface area contributed by atoms with Crippen molar-refractivity contribution < 1.29 is 4.74 Å². The molecule has 0 amide bonds. The van der Waals surface area contributed by atoms with E-state index in [1.807, 2.05) is 24.3 Å². The second kappa shape index (κ2) is 7.99. The van der Waals surface area contributed by atoms with E-state index in [0.717, 1.165) is 60.1 Å². The van der Waals surface area contributed by atoms with Gasteiger partial charge in [-0.25, -0.2) is 24.9 Å². The number of morpholine rings is 1. The third kappa shape index (κ3) is 3.53. The van der Waals surface area contributed by atoms with Gasteiger partial charge in [-0.2, -0.15) is 0 Å². The lowest BCUT2D eigenvalue weighted by Crippen LogP contribution is -2.39. The Hall–Kier alpha value is -3.30. The molecule has 1 saturated heterocycles. The minimum absolute atomic E-state index is 0.371. The van der Waals surface area contributed by atoms with Crippen LogP contribution < -0.4 is 9.80 Å². The highest BCUT2D eigenvalue weighted by Gasteiger charge is 2.27. The molecule has 0 bridgehead atoms. The smallest absolute Gasteiger partial charge is 0.225 e. The fourth-order valence-electron chi connectivity index (χ4n) is 4.32. The van der Waals surface area contributed by atoms with E-state index in [0.29, 0.717) is 30.9 Å². The zero-order chi connectivity index (χ0) is 21.5. The van der Waals surface area contributed by atoms with Crippen molar-refractivity contribution in [2.75, 3.05) is 42.6 Å². The maximum absolute atomic E-state index is 6.04. The highest BCUT2D eigenvalue weighted by Crippen LogP contribution is 2.31. The molecule has 0 radical (unpaired) electrons.